The maximum absolute atomic E-state index is 12.7. The molecule has 0 aromatic heterocycles. The number of piperidine rings is 1. The van der Waals surface area contributed by atoms with Crippen LogP contribution in [0.2, 0.25) is 0 Å². The van der Waals surface area contributed by atoms with Crippen molar-refractivity contribution >= 4 is 17.7 Å². The van der Waals surface area contributed by atoms with Crippen LogP contribution in [-0.4, -0.2) is 41.2 Å². The molecule has 7 nitrogen and oxygen atoms in total. The first-order valence-corrected chi connectivity index (χ1v) is 10.1. The quantitative estimate of drug-likeness (QED) is 0.659. The number of nitrogens with zero attached hydrogens (tertiary/aromatic N) is 1. The van der Waals surface area contributed by atoms with Crippen LogP contribution in [-0.2, 0) is 22.7 Å². The van der Waals surface area contributed by atoms with E-state index in [2.05, 4.69) is 23.6 Å². The van der Waals surface area contributed by atoms with Crippen LogP contribution in [0.4, 0.5) is 0 Å². The van der Waals surface area contributed by atoms with E-state index in [4.69, 9.17) is 5.73 Å². The number of nitrogens with one attached hydrogen (secondary N) is 2. The van der Waals surface area contributed by atoms with Crippen molar-refractivity contribution in [3.63, 3.8) is 0 Å². The third-order valence-electron chi connectivity index (χ3n) is 6.51. The number of benzene rings is 1. The lowest BCUT2D eigenvalue weighted by molar-refractivity contribution is -0.136. The van der Waals surface area contributed by atoms with E-state index >= 15 is 0 Å². The summed E-state index contributed by atoms with van der Waals surface area (Å²) >= 11 is 0. The molecule has 4 rings (SSSR count). The number of carbonyl (C=O) groups is 3. The van der Waals surface area contributed by atoms with Crippen LogP contribution < -0.4 is 16.4 Å². The van der Waals surface area contributed by atoms with Crippen molar-refractivity contribution in [2.75, 3.05) is 6.54 Å². The maximum Gasteiger partial charge on any atom is 0.255 e. The Morgan fingerprint density at radius 2 is 2.11 bits per heavy atom. The fourth-order valence-electron chi connectivity index (χ4n) is 4.68. The number of hydrogen-bond donors (Lipinski definition) is 3. The van der Waals surface area contributed by atoms with Gasteiger partial charge in [-0.05, 0) is 54.8 Å². The van der Waals surface area contributed by atoms with Crippen LogP contribution in [0, 0.1) is 5.41 Å². The highest BCUT2D eigenvalue weighted by molar-refractivity contribution is 6.05. The van der Waals surface area contributed by atoms with Crippen LogP contribution >= 0.6 is 0 Å². The number of rotatable bonds is 5. The van der Waals surface area contributed by atoms with Crippen LogP contribution in [0.25, 0.3) is 0 Å². The Morgan fingerprint density at radius 3 is 2.82 bits per heavy atom. The molecule has 3 aliphatic rings. The highest BCUT2D eigenvalue weighted by Gasteiger charge is 2.39. The zero-order valence-corrected chi connectivity index (χ0v) is 16.3. The van der Waals surface area contributed by atoms with Crippen molar-refractivity contribution in [2.45, 2.75) is 64.2 Å². The highest BCUT2D eigenvalue weighted by Crippen LogP contribution is 2.36. The first-order valence-electron chi connectivity index (χ1n) is 10.1. The van der Waals surface area contributed by atoms with Crippen LogP contribution in [0.3, 0.4) is 0 Å². The number of carbonyl (C=O) groups excluding carboxylic acids is 3. The molecular weight excluding hydrogens is 356 g/mol. The number of amides is 3. The molecule has 1 saturated heterocycles. The number of fused-ring (bicyclic) bond motifs is 1. The molecule has 0 bridgehead atoms. The molecule has 3 atom stereocenters. The van der Waals surface area contributed by atoms with E-state index in [0.29, 0.717) is 24.6 Å². The van der Waals surface area contributed by atoms with Crippen LogP contribution in [0.5, 0.6) is 0 Å². The Bertz CT molecular complexity index is 824. The smallest absolute Gasteiger partial charge is 0.255 e. The van der Waals surface area contributed by atoms with Crippen molar-refractivity contribution in [3.05, 3.63) is 34.9 Å². The summed E-state index contributed by atoms with van der Waals surface area (Å²) in [4.78, 5) is 37.8. The summed E-state index contributed by atoms with van der Waals surface area (Å²) in [5, 5.41) is 5.96. The lowest BCUT2D eigenvalue weighted by Gasteiger charge is -2.29. The van der Waals surface area contributed by atoms with Gasteiger partial charge in [-0.15, -0.1) is 0 Å². The van der Waals surface area contributed by atoms with Gasteiger partial charge in [0, 0.05) is 31.1 Å². The third kappa shape index (κ3) is 3.56. The second-order valence-corrected chi connectivity index (χ2v) is 8.73. The molecular formula is C21H28N4O3. The minimum Gasteiger partial charge on any atom is -0.330 e. The van der Waals surface area contributed by atoms with Gasteiger partial charge in [0.1, 0.15) is 6.04 Å². The van der Waals surface area contributed by atoms with E-state index in [9.17, 15) is 14.4 Å². The predicted molar refractivity (Wildman–Crippen MR) is 104 cm³/mol. The van der Waals surface area contributed by atoms with Crippen molar-refractivity contribution in [1.29, 1.82) is 0 Å². The molecule has 7 heteroatoms. The van der Waals surface area contributed by atoms with Crippen molar-refractivity contribution in [1.82, 2.24) is 15.5 Å². The second kappa shape index (κ2) is 7.29. The van der Waals surface area contributed by atoms with Crippen LogP contribution in [0.1, 0.15) is 60.5 Å². The first-order chi connectivity index (χ1) is 13.4. The Labute approximate surface area is 165 Å². The molecule has 1 saturated carbocycles. The summed E-state index contributed by atoms with van der Waals surface area (Å²) in [7, 11) is 0. The molecule has 2 fully saturated rings. The Morgan fingerprint density at radius 1 is 1.29 bits per heavy atom. The molecule has 2 heterocycles. The molecule has 4 N–H and O–H groups in total. The summed E-state index contributed by atoms with van der Waals surface area (Å²) in [6.07, 6.45) is 4.05. The topological polar surface area (TPSA) is 105 Å². The van der Waals surface area contributed by atoms with Gasteiger partial charge in [-0.3, -0.25) is 19.7 Å². The van der Waals surface area contributed by atoms with E-state index in [1.54, 1.807) is 4.90 Å². The van der Waals surface area contributed by atoms with E-state index in [0.717, 1.165) is 43.5 Å². The average molecular weight is 384 g/mol. The number of hydrogen-bond acceptors (Lipinski definition) is 5. The maximum atomic E-state index is 12.7. The Balaban J connectivity index is 1.40. The molecule has 3 unspecified atom stereocenters. The zero-order valence-electron chi connectivity index (χ0n) is 16.3. The van der Waals surface area contributed by atoms with E-state index in [1.165, 1.54) is 0 Å². The first kappa shape index (κ1) is 19.1. The predicted octanol–water partition coefficient (Wildman–Crippen LogP) is 1.05. The van der Waals surface area contributed by atoms with Gasteiger partial charge in [0.25, 0.3) is 5.91 Å². The van der Waals surface area contributed by atoms with E-state index in [1.807, 2.05) is 12.1 Å². The highest BCUT2D eigenvalue weighted by atomic mass is 16.2. The fraction of sp³-hybridized carbons (Fsp3) is 0.571. The molecule has 2 aliphatic heterocycles. The van der Waals surface area contributed by atoms with Gasteiger partial charge in [0.05, 0.1) is 0 Å². The normalized spacial score (nSPS) is 29.9. The van der Waals surface area contributed by atoms with Gasteiger partial charge < -0.3 is 16.0 Å². The molecule has 28 heavy (non-hydrogen) atoms. The van der Waals surface area contributed by atoms with Gasteiger partial charge in [0.15, 0.2) is 0 Å². The van der Waals surface area contributed by atoms with Gasteiger partial charge >= 0.3 is 0 Å². The monoisotopic (exact) mass is 384 g/mol. The van der Waals surface area contributed by atoms with Crippen molar-refractivity contribution in [3.8, 4) is 0 Å². The van der Waals surface area contributed by atoms with E-state index in [-0.39, 0.29) is 29.6 Å². The van der Waals surface area contributed by atoms with Crippen LogP contribution in [0.15, 0.2) is 18.2 Å². The lowest BCUT2D eigenvalue weighted by Crippen LogP contribution is -2.52. The minimum absolute atomic E-state index is 0.126. The Kier molecular flexibility index (Phi) is 4.97. The molecule has 0 radical (unpaired) electrons. The molecule has 0 spiro atoms. The van der Waals surface area contributed by atoms with Gasteiger partial charge in [-0.1, -0.05) is 19.1 Å². The minimum atomic E-state index is -0.563. The molecule has 1 aromatic carbocycles. The number of imide groups is 1. The second-order valence-electron chi connectivity index (χ2n) is 8.73. The zero-order chi connectivity index (χ0) is 19.9. The molecule has 1 aliphatic carbocycles. The molecule has 150 valence electrons. The standard InChI is InChI=1S/C21H28N4O3/c1-21(12-22)7-6-15(9-21)23-10-13-2-3-16-14(8-13)11-25(20(16)28)17-4-5-18(26)24-19(17)27/h2-3,8,15,17,23H,4-7,9-12,22H2,1H3,(H,24,26,27). The van der Waals surface area contributed by atoms with Crippen molar-refractivity contribution in [2.24, 2.45) is 11.1 Å². The van der Waals surface area contributed by atoms with E-state index < -0.39 is 6.04 Å². The Hall–Kier alpha value is -2.25. The summed E-state index contributed by atoms with van der Waals surface area (Å²) in [6, 6.07) is 5.81. The molecule has 3 amide bonds. The largest absolute Gasteiger partial charge is 0.330 e. The lowest BCUT2D eigenvalue weighted by atomic mass is 9.89. The van der Waals surface area contributed by atoms with Gasteiger partial charge in [-0.2, -0.15) is 0 Å². The summed E-state index contributed by atoms with van der Waals surface area (Å²) in [5.74, 6) is -0.765. The average Bonchev–Trinajstić information content (AvgIpc) is 3.21. The third-order valence-corrected chi connectivity index (χ3v) is 6.51. The SMILES string of the molecule is CC1(CN)CCC(NCc2ccc3c(c2)CN(C2CCC(=O)NC2=O)C3=O)C1. The summed E-state index contributed by atoms with van der Waals surface area (Å²) < 4.78 is 0. The fourth-order valence-corrected chi connectivity index (χ4v) is 4.68. The molecule has 1 aromatic rings. The summed E-state index contributed by atoms with van der Waals surface area (Å²) in [5.41, 5.74) is 8.88. The number of nitrogens with two attached hydrogens (primary N) is 1. The van der Waals surface area contributed by atoms with Gasteiger partial charge in [0.2, 0.25) is 11.8 Å². The van der Waals surface area contributed by atoms with Gasteiger partial charge in [-0.25, -0.2) is 0 Å². The van der Waals surface area contributed by atoms with Crippen molar-refractivity contribution < 1.29 is 14.4 Å². The summed E-state index contributed by atoms with van der Waals surface area (Å²) in [6.45, 7) is 4.15.